The number of rotatable bonds is 1. The number of aliphatic hydroxyl groups excluding tert-OH is 1. The Hall–Kier alpha value is -0.120. The predicted octanol–water partition coefficient (Wildman–Crippen LogP) is -0.643. The second kappa shape index (κ2) is 2.19. The number of hydrogen-bond donors (Lipinski definition) is 2. The van der Waals surface area contributed by atoms with Crippen molar-refractivity contribution < 1.29 is 9.84 Å². The molecule has 0 aromatic rings. The molecule has 0 aromatic heterocycles. The van der Waals surface area contributed by atoms with E-state index in [0.717, 1.165) is 26.1 Å². The van der Waals surface area contributed by atoms with Crippen molar-refractivity contribution in [3.05, 3.63) is 0 Å². The zero-order valence-corrected chi connectivity index (χ0v) is 5.97. The van der Waals surface area contributed by atoms with Gasteiger partial charge in [0, 0.05) is 25.1 Å². The van der Waals surface area contributed by atoms with Gasteiger partial charge >= 0.3 is 0 Å². The van der Waals surface area contributed by atoms with Crippen LogP contribution in [0.25, 0.3) is 0 Å². The number of fused-ring (bicyclic) bond motifs is 1. The summed E-state index contributed by atoms with van der Waals surface area (Å²) >= 11 is 0. The lowest BCUT2D eigenvalue weighted by Crippen LogP contribution is -2.33. The molecular weight excluding hydrogens is 130 g/mol. The number of nitrogens with one attached hydrogen (secondary N) is 1. The highest BCUT2D eigenvalue weighted by atomic mass is 16.5. The molecule has 3 heteroatoms. The van der Waals surface area contributed by atoms with Crippen LogP contribution >= 0.6 is 0 Å². The van der Waals surface area contributed by atoms with E-state index in [-0.39, 0.29) is 18.1 Å². The average molecular weight is 143 g/mol. The Bertz CT molecular complexity index is 128. The summed E-state index contributed by atoms with van der Waals surface area (Å²) in [4.78, 5) is 0. The van der Waals surface area contributed by atoms with Crippen LogP contribution in [0.4, 0.5) is 0 Å². The second-order valence-corrected chi connectivity index (χ2v) is 3.26. The highest BCUT2D eigenvalue weighted by Gasteiger charge is 2.46. The van der Waals surface area contributed by atoms with Crippen LogP contribution in [0, 0.1) is 5.41 Å². The van der Waals surface area contributed by atoms with E-state index in [1.165, 1.54) is 0 Å². The van der Waals surface area contributed by atoms with Crippen LogP contribution in [-0.4, -0.2) is 37.5 Å². The van der Waals surface area contributed by atoms with Crippen LogP contribution in [-0.2, 0) is 4.74 Å². The maximum atomic E-state index is 9.11. The molecule has 3 nitrogen and oxygen atoms in total. The normalized spacial score (nSPS) is 45.9. The second-order valence-electron chi connectivity index (χ2n) is 3.26. The standard InChI is InChI=1S/C7H13NO2/c9-5-7-1-2-10-6(7)3-8-4-7/h6,8-9H,1-5H2. The molecule has 2 unspecified atom stereocenters. The molecule has 10 heavy (non-hydrogen) atoms. The fourth-order valence-corrected chi connectivity index (χ4v) is 1.91. The van der Waals surface area contributed by atoms with Crippen molar-refractivity contribution >= 4 is 0 Å². The van der Waals surface area contributed by atoms with Crippen LogP contribution in [0.1, 0.15) is 6.42 Å². The molecule has 0 amide bonds. The van der Waals surface area contributed by atoms with E-state index in [1.54, 1.807) is 0 Å². The number of ether oxygens (including phenoxy) is 1. The fraction of sp³-hybridized carbons (Fsp3) is 1.00. The molecule has 58 valence electrons. The summed E-state index contributed by atoms with van der Waals surface area (Å²) in [6.07, 6.45) is 1.29. The Labute approximate surface area is 60.4 Å². The molecule has 2 rings (SSSR count). The Morgan fingerprint density at radius 1 is 1.70 bits per heavy atom. The first-order valence-electron chi connectivity index (χ1n) is 3.81. The van der Waals surface area contributed by atoms with Crippen LogP contribution < -0.4 is 5.32 Å². The predicted molar refractivity (Wildman–Crippen MR) is 36.7 cm³/mol. The molecule has 2 aliphatic heterocycles. The Balaban J connectivity index is 2.15. The maximum absolute atomic E-state index is 9.11. The van der Waals surface area contributed by atoms with Gasteiger partial charge in [-0.3, -0.25) is 0 Å². The topological polar surface area (TPSA) is 41.5 Å². The molecule has 2 heterocycles. The first-order chi connectivity index (χ1) is 4.87. The summed E-state index contributed by atoms with van der Waals surface area (Å²) in [5.74, 6) is 0. The van der Waals surface area contributed by atoms with E-state index in [9.17, 15) is 0 Å². The summed E-state index contributed by atoms with van der Waals surface area (Å²) in [6, 6.07) is 0. The van der Waals surface area contributed by atoms with Gasteiger partial charge < -0.3 is 15.2 Å². The summed E-state index contributed by atoms with van der Waals surface area (Å²) in [5, 5.41) is 12.3. The van der Waals surface area contributed by atoms with Gasteiger partial charge in [-0.2, -0.15) is 0 Å². The van der Waals surface area contributed by atoms with Crippen molar-refractivity contribution in [1.29, 1.82) is 0 Å². The quantitative estimate of drug-likeness (QED) is 0.513. The lowest BCUT2D eigenvalue weighted by Gasteiger charge is -2.22. The highest BCUT2D eigenvalue weighted by molar-refractivity contribution is 4.99. The van der Waals surface area contributed by atoms with Gasteiger partial charge in [-0.15, -0.1) is 0 Å². The Morgan fingerprint density at radius 3 is 3.30 bits per heavy atom. The molecule has 0 radical (unpaired) electrons. The highest BCUT2D eigenvalue weighted by Crippen LogP contribution is 2.36. The molecule has 0 saturated carbocycles. The first kappa shape index (κ1) is 6.58. The van der Waals surface area contributed by atoms with Crippen molar-refractivity contribution in [2.75, 3.05) is 26.3 Å². The molecule has 0 spiro atoms. The molecule has 0 aromatic carbocycles. The zero-order chi connectivity index (χ0) is 7.03. The fourth-order valence-electron chi connectivity index (χ4n) is 1.91. The summed E-state index contributed by atoms with van der Waals surface area (Å²) < 4.78 is 5.45. The molecule has 2 atom stereocenters. The van der Waals surface area contributed by atoms with Crippen LogP contribution in [0.5, 0.6) is 0 Å². The molecule has 2 aliphatic rings. The number of aliphatic hydroxyl groups is 1. The van der Waals surface area contributed by atoms with Crippen molar-refractivity contribution in [3.8, 4) is 0 Å². The minimum Gasteiger partial charge on any atom is -0.396 e. The monoisotopic (exact) mass is 143 g/mol. The summed E-state index contributed by atoms with van der Waals surface area (Å²) in [5.41, 5.74) is 0.0694. The molecule has 2 fully saturated rings. The van der Waals surface area contributed by atoms with Gasteiger partial charge in [-0.25, -0.2) is 0 Å². The van der Waals surface area contributed by atoms with Gasteiger partial charge in [0.25, 0.3) is 0 Å². The largest absolute Gasteiger partial charge is 0.396 e. The smallest absolute Gasteiger partial charge is 0.0790 e. The van der Waals surface area contributed by atoms with Gasteiger partial charge in [-0.05, 0) is 6.42 Å². The van der Waals surface area contributed by atoms with Crippen LogP contribution in [0.2, 0.25) is 0 Å². The lowest BCUT2D eigenvalue weighted by molar-refractivity contribution is 0.0509. The SMILES string of the molecule is OCC12CCOC1CNC2. The van der Waals surface area contributed by atoms with E-state index >= 15 is 0 Å². The van der Waals surface area contributed by atoms with Gasteiger partial charge in [0.15, 0.2) is 0 Å². The maximum Gasteiger partial charge on any atom is 0.0790 e. The third-order valence-electron chi connectivity index (χ3n) is 2.72. The lowest BCUT2D eigenvalue weighted by atomic mass is 9.85. The van der Waals surface area contributed by atoms with Crippen molar-refractivity contribution in [3.63, 3.8) is 0 Å². The zero-order valence-electron chi connectivity index (χ0n) is 5.97. The molecule has 2 saturated heterocycles. The van der Waals surface area contributed by atoms with Crippen molar-refractivity contribution in [1.82, 2.24) is 5.32 Å². The molecular formula is C7H13NO2. The minimum absolute atomic E-state index is 0.0694. The van der Waals surface area contributed by atoms with Crippen molar-refractivity contribution in [2.45, 2.75) is 12.5 Å². The van der Waals surface area contributed by atoms with E-state index in [4.69, 9.17) is 9.84 Å². The van der Waals surface area contributed by atoms with Gasteiger partial charge in [0.2, 0.25) is 0 Å². The van der Waals surface area contributed by atoms with Crippen molar-refractivity contribution in [2.24, 2.45) is 5.41 Å². The first-order valence-corrected chi connectivity index (χ1v) is 3.81. The van der Waals surface area contributed by atoms with Gasteiger partial charge in [0.1, 0.15) is 0 Å². The summed E-state index contributed by atoms with van der Waals surface area (Å²) in [6.45, 7) is 2.94. The molecule has 0 bridgehead atoms. The Kier molecular flexibility index (Phi) is 1.44. The van der Waals surface area contributed by atoms with E-state index < -0.39 is 0 Å². The Morgan fingerprint density at radius 2 is 2.60 bits per heavy atom. The van der Waals surface area contributed by atoms with E-state index in [1.807, 2.05) is 0 Å². The average Bonchev–Trinajstić information content (AvgIpc) is 2.42. The van der Waals surface area contributed by atoms with Gasteiger partial charge in [-0.1, -0.05) is 0 Å². The minimum atomic E-state index is 0.0694. The molecule has 0 aliphatic carbocycles. The third-order valence-corrected chi connectivity index (χ3v) is 2.72. The van der Waals surface area contributed by atoms with Gasteiger partial charge in [0.05, 0.1) is 12.7 Å². The third kappa shape index (κ3) is 0.713. The van der Waals surface area contributed by atoms with E-state index in [2.05, 4.69) is 5.32 Å². The van der Waals surface area contributed by atoms with E-state index in [0.29, 0.717) is 0 Å². The molecule has 2 N–H and O–H groups in total. The summed E-state index contributed by atoms with van der Waals surface area (Å²) in [7, 11) is 0. The van der Waals surface area contributed by atoms with Crippen LogP contribution in [0.15, 0.2) is 0 Å². The number of hydrogen-bond acceptors (Lipinski definition) is 3. The van der Waals surface area contributed by atoms with Crippen LogP contribution in [0.3, 0.4) is 0 Å².